The van der Waals surface area contributed by atoms with Gasteiger partial charge < -0.3 is 14.5 Å². The second kappa shape index (κ2) is 7.88. The van der Waals surface area contributed by atoms with E-state index in [0.29, 0.717) is 44.2 Å². The second-order valence-corrected chi connectivity index (χ2v) is 9.49. The minimum atomic E-state index is -3.72. The Bertz CT molecular complexity index is 1050. The van der Waals surface area contributed by atoms with E-state index in [9.17, 15) is 17.6 Å². The fourth-order valence-electron chi connectivity index (χ4n) is 3.86. The smallest absolute Gasteiger partial charge is 0.243 e. The van der Waals surface area contributed by atoms with Crippen molar-refractivity contribution in [1.82, 2.24) is 4.31 Å². The molecule has 2 aromatic carbocycles. The highest BCUT2D eigenvalue weighted by molar-refractivity contribution is 7.89. The van der Waals surface area contributed by atoms with Crippen LogP contribution in [0.25, 0.3) is 0 Å². The number of benzene rings is 2. The molecule has 2 aliphatic rings. The van der Waals surface area contributed by atoms with Crippen molar-refractivity contribution in [2.75, 3.05) is 42.5 Å². The van der Waals surface area contributed by atoms with Crippen LogP contribution < -0.4 is 14.5 Å². The predicted molar refractivity (Wildman–Crippen MR) is 112 cm³/mol. The fraction of sp³-hybridized carbons (Fsp3) is 0.381. The summed E-state index contributed by atoms with van der Waals surface area (Å²) >= 11 is 0. The van der Waals surface area contributed by atoms with Gasteiger partial charge in [0.25, 0.3) is 0 Å². The van der Waals surface area contributed by atoms with E-state index in [4.69, 9.17) is 4.74 Å². The second-order valence-electron chi connectivity index (χ2n) is 7.56. The van der Waals surface area contributed by atoms with Gasteiger partial charge in [0, 0.05) is 38.8 Å². The maximum Gasteiger partial charge on any atom is 0.243 e. The van der Waals surface area contributed by atoms with E-state index in [-0.39, 0.29) is 22.7 Å². The molecule has 2 aliphatic heterocycles. The summed E-state index contributed by atoms with van der Waals surface area (Å²) in [6, 6.07) is 10.8. The zero-order chi connectivity index (χ0) is 21.5. The van der Waals surface area contributed by atoms with Gasteiger partial charge in [0.2, 0.25) is 15.9 Å². The molecule has 1 saturated heterocycles. The van der Waals surface area contributed by atoms with Gasteiger partial charge >= 0.3 is 0 Å². The average Bonchev–Trinajstić information content (AvgIpc) is 2.73. The molecule has 1 atom stereocenters. The van der Waals surface area contributed by atoms with Crippen LogP contribution in [0.2, 0.25) is 0 Å². The van der Waals surface area contributed by atoms with Crippen molar-refractivity contribution < 1.29 is 22.3 Å². The van der Waals surface area contributed by atoms with Crippen molar-refractivity contribution in [3.63, 3.8) is 0 Å². The average molecular weight is 434 g/mol. The van der Waals surface area contributed by atoms with E-state index in [1.807, 2.05) is 11.8 Å². The Labute approximate surface area is 175 Å². The fourth-order valence-corrected chi connectivity index (χ4v) is 5.31. The Morgan fingerprint density at radius 1 is 1.07 bits per heavy atom. The molecular weight excluding hydrogens is 409 g/mol. The Morgan fingerprint density at radius 2 is 1.73 bits per heavy atom. The van der Waals surface area contributed by atoms with Crippen LogP contribution in [0.3, 0.4) is 0 Å². The highest BCUT2D eigenvalue weighted by Crippen LogP contribution is 2.36. The van der Waals surface area contributed by atoms with Gasteiger partial charge in [0.05, 0.1) is 17.1 Å². The molecule has 1 unspecified atom stereocenters. The molecule has 30 heavy (non-hydrogen) atoms. The number of carbonyl (C=O) groups is 1. The number of halogens is 1. The number of fused-ring (bicyclic) bond motifs is 1. The van der Waals surface area contributed by atoms with Crippen LogP contribution in [-0.2, 0) is 14.8 Å². The summed E-state index contributed by atoms with van der Waals surface area (Å²) in [6.45, 7) is 5.36. The molecule has 7 nitrogen and oxygen atoms in total. The SMILES string of the molecule is CC(=O)N1CC(C)Oc2ccc(S(=O)(=O)N3CCN(c4ccc(F)cc4)CC3)cc21. The van der Waals surface area contributed by atoms with Crippen LogP contribution >= 0.6 is 0 Å². The van der Waals surface area contributed by atoms with Gasteiger partial charge in [0.15, 0.2) is 0 Å². The molecule has 0 saturated carbocycles. The first-order chi connectivity index (χ1) is 14.3. The molecule has 1 amide bonds. The third-order valence-electron chi connectivity index (χ3n) is 5.44. The number of nitrogens with zero attached hydrogens (tertiary/aromatic N) is 3. The number of sulfonamides is 1. The third kappa shape index (κ3) is 3.87. The largest absolute Gasteiger partial charge is 0.487 e. The summed E-state index contributed by atoms with van der Waals surface area (Å²) in [5.41, 5.74) is 1.34. The lowest BCUT2D eigenvalue weighted by Crippen LogP contribution is -2.48. The van der Waals surface area contributed by atoms with Gasteiger partial charge in [-0.15, -0.1) is 0 Å². The first kappa shape index (κ1) is 20.6. The highest BCUT2D eigenvalue weighted by atomic mass is 32.2. The molecular formula is C21H24FN3O4S. The lowest BCUT2D eigenvalue weighted by atomic mass is 10.2. The lowest BCUT2D eigenvalue weighted by Gasteiger charge is -2.36. The molecule has 0 radical (unpaired) electrons. The van der Waals surface area contributed by atoms with E-state index >= 15 is 0 Å². The van der Waals surface area contributed by atoms with E-state index < -0.39 is 10.0 Å². The Morgan fingerprint density at radius 3 is 2.37 bits per heavy atom. The van der Waals surface area contributed by atoms with Gasteiger partial charge in [-0.05, 0) is 49.4 Å². The van der Waals surface area contributed by atoms with Crippen molar-refractivity contribution in [3.8, 4) is 5.75 Å². The van der Waals surface area contributed by atoms with Crippen molar-refractivity contribution >= 4 is 27.3 Å². The predicted octanol–water partition coefficient (Wildman–Crippen LogP) is 2.47. The van der Waals surface area contributed by atoms with Gasteiger partial charge in [-0.3, -0.25) is 4.79 Å². The first-order valence-corrected chi connectivity index (χ1v) is 11.3. The van der Waals surface area contributed by atoms with E-state index in [0.717, 1.165) is 5.69 Å². The quantitative estimate of drug-likeness (QED) is 0.744. The van der Waals surface area contributed by atoms with Crippen LogP contribution in [0.5, 0.6) is 5.75 Å². The van der Waals surface area contributed by atoms with Crippen LogP contribution in [0.15, 0.2) is 47.4 Å². The number of amides is 1. The monoisotopic (exact) mass is 433 g/mol. The van der Waals surface area contributed by atoms with Crippen LogP contribution in [-0.4, -0.2) is 57.5 Å². The molecule has 4 rings (SSSR count). The minimum absolute atomic E-state index is 0.140. The summed E-state index contributed by atoms with van der Waals surface area (Å²) in [6.07, 6.45) is -0.164. The minimum Gasteiger partial charge on any atom is -0.487 e. The molecule has 2 aromatic rings. The third-order valence-corrected chi connectivity index (χ3v) is 7.33. The van der Waals surface area contributed by atoms with Crippen molar-refractivity contribution in [1.29, 1.82) is 0 Å². The number of carbonyl (C=O) groups excluding carboxylic acids is 1. The molecule has 1 fully saturated rings. The number of rotatable bonds is 3. The van der Waals surface area contributed by atoms with Crippen molar-refractivity contribution in [3.05, 3.63) is 48.3 Å². The molecule has 160 valence electrons. The summed E-state index contributed by atoms with van der Waals surface area (Å²) < 4.78 is 46.8. The standard InChI is InChI=1S/C21H24FN3O4S/c1-15-14-25(16(2)26)20-13-19(7-8-21(20)29-15)30(27,28)24-11-9-23(10-12-24)18-5-3-17(22)4-6-18/h3-8,13,15H,9-12,14H2,1-2H3. The molecule has 0 aliphatic carbocycles. The van der Waals surface area contributed by atoms with Crippen molar-refractivity contribution in [2.24, 2.45) is 0 Å². The molecule has 0 bridgehead atoms. The van der Waals surface area contributed by atoms with Crippen LogP contribution in [0.1, 0.15) is 13.8 Å². The summed E-state index contributed by atoms with van der Waals surface area (Å²) in [5, 5.41) is 0. The first-order valence-electron chi connectivity index (χ1n) is 9.85. The number of anilines is 2. The van der Waals surface area contributed by atoms with E-state index in [2.05, 4.69) is 0 Å². The summed E-state index contributed by atoms with van der Waals surface area (Å²) in [7, 11) is -3.72. The number of hydrogen-bond acceptors (Lipinski definition) is 5. The van der Waals surface area contributed by atoms with Crippen LogP contribution in [0.4, 0.5) is 15.8 Å². The van der Waals surface area contributed by atoms with E-state index in [1.54, 1.807) is 23.1 Å². The molecule has 2 heterocycles. The Balaban J connectivity index is 1.54. The Kier molecular flexibility index (Phi) is 5.42. The Hall–Kier alpha value is -2.65. The zero-order valence-corrected chi connectivity index (χ0v) is 17.7. The zero-order valence-electron chi connectivity index (χ0n) is 16.9. The maximum atomic E-state index is 13.2. The number of piperazine rings is 1. The molecule has 0 spiro atoms. The molecule has 0 N–H and O–H groups in total. The highest BCUT2D eigenvalue weighted by Gasteiger charge is 2.32. The maximum absolute atomic E-state index is 13.2. The van der Waals surface area contributed by atoms with Gasteiger partial charge in [-0.25, -0.2) is 12.8 Å². The normalized spacial score (nSPS) is 19.9. The van der Waals surface area contributed by atoms with Crippen LogP contribution in [0, 0.1) is 5.82 Å². The van der Waals surface area contributed by atoms with E-state index in [1.165, 1.54) is 35.5 Å². The van der Waals surface area contributed by atoms with Gasteiger partial charge in [0.1, 0.15) is 17.7 Å². The number of ether oxygens (including phenoxy) is 1. The number of hydrogen-bond donors (Lipinski definition) is 0. The lowest BCUT2D eigenvalue weighted by molar-refractivity contribution is -0.117. The van der Waals surface area contributed by atoms with Gasteiger partial charge in [-0.1, -0.05) is 0 Å². The molecule has 0 aromatic heterocycles. The topological polar surface area (TPSA) is 70.2 Å². The van der Waals surface area contributed by atoms with Crippen molar-refractivity contribution in [2.45, 2.75) is 24.8 Å². The summed E-state index contributed by atoms with van der Waals surface area (Å²) in [4.78, 5) is 15.8. The summed E-state index contributed by atoms with van der Waals surface area (Å²) in [5.74, 6) is 0.0447. The van der Waals surface area contributed by atoms with Gasteiger partial charge in [-0.2, -0.15) is 4.31 Å². The molecule has 9 heteroatoms.